The van der Waals surface area contributed by atoms with Crippen LogP contribution in [0, 0.1) is 6.92 Å². The SMILES string of the molecule is Cc1ccc(C(C)(C)c2cccc(N)c2)cc1. The maximum Gasteiger partial charge on any atom is 0.0317 e. The lowest BCUT2D eigenvalue weighted by atomic mass is 9.78. The van der Waals surface area contributed by atoms with Crippen LogP contribution in [0.3, 0.4) is 0 Å². The van der Waals surface area contributed by atoms with Crippen LogP contribution in [0.25, 0.3) is 0 Å². The number of nitrogen functional groups attached to an aromatic ring is 1. The van der Waals surface area contributed by atoms with Crippen LogP contribution >= 0.6 is 0 Å². The Morgan fingerprint density at radius 1 is 0.882 bits per heavy atom. The lowest BCUT2D eigenvalue weighted by Crippen LogP contribution is -2.18. The average molecular weight is 225 g/mol. The highest BCUT2D eigenvalue weighted by Crippen LogP contribution is 2.32. The molecule has 2 N–H and O–H groups in total. The van der Waals surface area contributed by atoms with Crippen LogP contribution in [0.5, 0.6) is 0 Å². The number of aryl methyl sites for hydroxylation is 1. The summed E-state index contributed by atoms with van der Waals surface area (Å²) < 4.78 is 0. The fraction of sp³-hybridized carbons (Fsp3) is 0.250. The Kier molecular flexibility index (Phi) is 2.93. The molecule has 0 spiro atoms. The first-order valence-corrected chi connectivity index (χ1v) is 5.93. The minimum atomic E-state index is -0.0108. The van der Waals surface area contributed by atoms with E-state index in [0.29, 0.717) is 0 Å². The number of anilines is 1. The third-order valence-corrected chi connectivity index (χ3v) is 3.38. The molecule has 1 heteroatoms. The van der Waals surface area contributed by atoms with Gasteiger partial charge in [0.2, 0.25) is 0 Å². The standard InChI is InChI=1S/C16H19N/c1-12-7-9-13(10-8-12)16(2,3)14-5-4-6-15(17)11-14/h4-11H,17H2,1-3H3. The van der Waals surface area contributed by atoms with E-state index in [-0.39, 0.29) is 5.41 Å². The van der Waals surface area contributed by atoms with Gasteiger partial charge >= 0.3 is 0 Å². The van der Waals surface area contributed by atoms with Crippen LogP contribution in [0.15, 0.2) is 48.5 Å². The Morgan fingerprint density at radius 2 is 1.53 bits per heavy atom. The van der Waals surface area contributed by atoms with E-state index < -0.39 is 0 Å². The van der Waals surface area contributed by atoms with E-state index in [4.69, 9.17) is 5.73 Å². The van der Waals surface area contributed by atoms with Crippen LogP contribution in [0.4, 0.5) is 5.69 Å². The van der Waals surface area contributed by atoms with Gasteiger partial charge in [0.1, 0.15) is 0 Å². The second-order valence-electron chi connectivity index (χ2n) is 5.12. The topological polar surface area (TPSA) is 26.0 Å². The van der Waals surface area contributed by atoms with Crippen molar-refractivity contribution in [3.05, 3.63) is 65.2 Å². The van der Waals surface area contributed by atoms with Gasteiger partial charge in [-0.25, -0.2) is 0 Å². The highest BCUT2D eigenvalue weighted by Gasteiger charge is 2.22. The first-order valence-electron chi connectivity index (χ1n) is 5.93. The molecule has 0 bridgehead atoms. The van der Waals surface area contributed by atoms with Gasteiger partial charge in [-0.1, -0.05) is 55.8 Å². The van der Waals surface area contributed by atoms with Crippen molar-refractivity contribution in [2.75, 3.05) is 5.73 Å². The lowest BCUT2D eigenvalue weighted by molar-refractivity contribution is 0.641. The number of benzene rings is 2. The summed E-state index contributed by atoms with van der Waals surface area (Å²) in [6.07, 6.45) is 0. The zero-order valence-electron chi connectivity index (χ0n) is 10.7. The minimum Gasteiger partial charge on any atom is -0.399 e. The van der Waals surface area contributed by atoms with E-state index in [1.54, 1.807) is 0 Å². The van der Waals surface area contributed by atoms with E-state index in [1.807, 2.05) is 12.1 Å². The Bertz CT molecular complexity index is 509. The van der Waals surface area contributed by atoms with Crippen molar-refractivity contribution in [1.82, 2.24) is 0 Å². The Balaban J connectivity index is 2.45. The van der Waals surface area contributed by atoms with Gasteiger partial charge in [-0.15, -0.1) is 0 Å². The zero-order chi connectivity index (χ0) is 12.5. The largest absolute Gasteiger partial charge is 0.399 e. The van der Waals surface area contributed by atoms with Gasteiger partial charge in [-0.2, -0.15) is 0 Å². The van der Waals surface area contributed by atoms with E-state index in [1.165, 1.54) is 16.7 Å². The number of rotatable bonds is 2. The van der Waals surface area contributed by atoms with Crippen molar-refractivity contribution in [2.45, 2.75) is 26.2 Å². The molecule has 0 saturated carbocycles. The van der Waals surface area contributed by atoms with Crippen molar-refractivity contribution in [2.24, 2.45) is 0 Å². The molecular weight excluding hydrogens is 206 g/mol. The van der Waals surface area contributed by atoms with Gasteiger partial charge in [0, 0.05) is 11.1 Å². The van der Waals surface area contributed by atoms with Crippen molar-refractivity contribution >= 4 is 5.69 Å². The predicted molar refractivity (Wildman–Crippen MR) is 74.2 cm³/mol. The Hall–Kier alpha value is -1.76. The molecule has 1 nitrogen and oxygen atoms in total. The molecule has 0 aliphatic carbocycles. The smallest absolute Gasteiger partial charge is 0.0317 e. The van der Waals surface area contributed by atoms with Crippen molar-refractivity contribution in [1.29, 1.82) is 0 Å². The van der Waals surface area contributed by atoms with Gasteiger partial charge in [-0.05, 0) is 30.2 Å². The van der Waals surface area contributed by atoms with Crippen LogP contribution in [-0.4, -0.2) is 0 Å². The van der Waals surface area contributed by atoms with Crippen LogP contribution in [0.2, 0.25) is 0 Å². The van der Waals surface area contributed by atoms with E-state index >= 15 is 0 Å². The molecule has 2 aromatic carbocycles. The van der Waals surface area contributed by atoms with Crippen molar-refractivity contribution < 1.29 is 0 Å². The zero-order valence-corrected chi connectivity index (χ0v) is 10.7. The second kappa shape index (κ2) is 4.25. The molecule has 17 heavy (non-hydrogen) atoms. The Labute approximate surface area is 103 Å². The minimum absolute atomic E-state index is 0.0108. The van der Waals surface area contributed by atoms with E-state index in [9.17, 15) is 0 Å². The van der Waals surface area contributed by atoms with Crippen molar-refractivity contribution in [3.8, 4) is 0 Å². The van der Waals surface area contributed by atoms with E-state index in [2.05, 4.69) is 57.2 Å². The summed E-state index contributed by atoms with van der Waals surface area (Å²) in [5.74, 6) is 0. The normalized spacial score (nSPS) is 11.5. The summed E-state index contributed by atoms with van der Waals surface area (Å²) in [6.45, 7) is 6.57. The molecule has 0 saturated heterocycles. The molecule has 0 amide bonds. The van der Waals surface area contributed by atoms with E-state index in [0.717, 1.165) is 5.69 Å². The molecule has 0 heterocycles. The highest BCUT2D eigenvalue weighted by atomic mass is 14.5. The average Bonchev–Trinajstić information content (AvgIpc) is 2.29. The molecule has 0 fully saturated rings. The predicted octanol–water partition coefficient (Wildman–Crippen LogP) is 3.90. The fourth-order valence-electron chi connectivity index (χ4n) is 2.06. The molecule has 0 aromatic heterocycles. The molecule has 88 valence electrons. The van der Waals surface area contributed by atoms with Crippen LogP contribution in [0.1, 0.15) is 30.5 Å². The molecule has 2 aromatic rings. The quantitative estimate of drug-likeness (QED) is 0.771. The maximum atomic E-state index is 5.86. The summed E-state index contributed by atoms with van der Waals surface area (Å²) in [5, 5.41) is 0. The first-order chi connectivity index (χ1) is 8.00. The molecular formula is C16H19N. The fourth-order valence-corrected chi connectivity index (χ4v) is 2.06. The monoisotopic (exact) mass is 225 g/mol. The Morgan fingerprint density at radius 3 is 2.12 bits per heavy atom. The molecule has 0 unspecified atom stereocenters. The van der Waals surface area contributed by atoms with Gasteiger partial charge in [0.15, 0.2) is 0 Å². The molecule has 2 rings (SSSR count). The molecule has 0 atom stereocenters. The maximum absolute atomic E-state index is 5.86. The third-order valence-electron chi connectivity index (χ3n) is 3.38. The van der Waals surface area contributed by atoms with Gasteiger partial charge in [-0.3, -0.25) is 0 Å². The second-order valence-corrected chi connectivity index (χ2v) is 5.12. The summed E-state index contributed by atoms with van der Waals surface area (Å²) in [7, 11) is 0. The van der Waals surface area contributed by atoms with Crippen molar-refractivity contribution in [3.63, 3.8) is 0 Å². The first kappa shape index (κ1) is 11.7. The highest BCUT2D eigenvalue weighted by molar-refractivity contribution is 5.47. The van der Waals surface area contributed by atoms with Crippen LogP contribution in [-0.2, 0) is 5.41 Å². The third kappa shape index (κ3) is 2.33. The molecule has 0 radical (unpaired) electrons. The molecule has 0 aliphatic heterocycles. The summed E-state index contributed by atoms with van der Waals surface area (Å²) in [4.78, 5) is 0. The van der Waals surface area contributed by atoms with Gasteiger partial charge < -0.3 is 5.73 Å². The van der Waals surface area contributed by atoms with Crippen LogP contribution < -0.4 is 5.73 Å². The number of hydrogen-bond acceptors (Lipinski definition) is 1. The van der Waals surface area contributed by atoms with Gasteiger partial charge in [0.05, 0.1) is 0 Å². The number of hydrogen-bond donors (Lipinski definition) is 1. The molecule has 0 aliphatic rings. The summed E-state index contributed by atoms with van der Waals surface area (Å²) in [5.41, 5.74) is 10.5. The lowest BCUT2D eigenvalue weighted by Gasteiger charge is -2.26. The summed E-state index contributed by atoms with van der Waals surface area (Å²) in [6, 6.07) is 16.8. The number of nitrogens with two attached hydrogens (primary N) is 1. The van der Waals surface area contributed by atoms with Gasteiger partial charge in [0.25, 0.3) is 0 Å². The summed E-state index contributed by atoms with van der Waals surface area (Å²) >= 11 is 0.